The fourth-order valence-corrected chi connectivity index (χ4v) is 9.29. The first kappa shape index (κ1) is 34.1. The van der Waals surface area contributed by atoms with Gasteiger partial charge in [-0.1, -0.05) is 176 Å². The average Bonchev–Trinajstić information content (AvgIpc) is 3.71. The molecule has 12 rings (SSSR count). The van der Waals surface area contributed by atoms with Crippen LogP contribution >= 0.6 is 0 Å². The van der Waals surface area contributed by atoms with Crippen LogP contribution in [0.1, 0.15) is 0 Å². The predicted molar refractivity (Wildman–Crippen MR) is 255 cm³/mol. The van der Waals surface area contributed by atoms with E-state index in [2.05, 4.69) is 223 Å². The summed E-state index contributed by atoms with van der Waals surface area (Å²) in [6.45, 7) is 0. The minimum atomic E-state index is 0.866. The molecule has 0 radical (unpaired) electrons. The molecule has 280 valence electrons. The maximum absolute atomic E-state index is 6.44. The first-order valence-corrected chi connectivity index (χ1v) is 20.6. The van der Waals surface area contributed by atoms with Crippen LogP contribution in [0, 0.1) is 0 Å². The highest BCUT2D eigenvalue weighted by Crippen LogP contribution is 2.46. The van der Waals surface area contributed by atoms with Gasteiger partial charge in [-0.05, 0) is 119 Å². The summed E-state index contributed by atoms with van der Waals surface area (Å²) in [4.78, 5) is 2.40. The molecule has 0 aliphatic rings. The molecule has 0 fully saturated rings. The highest BCUT2D eigenvalue weighted by molar-refractivity contribution is 6.14. The monoisotopic (exact) mass is 763 g/mol. The summed E-state index contributed by atoms with van der Waals surface area (Å²) < 4.78 is 6.44. The number of furan rings is 1. The quantitative estimate of drug-likeness (QED) is 0.157. The Balaban J connectivity index is 0.954. The first-order chi connectivity index (χ1) is 29.7. The zero-order valence-electron chi connectivity index (χ0n) is 32.7. The molecule has 2 heteroatoms. The Morgan fingerprint density at radius 1 is 0.283 bits per heavy atom. The summed E-state index contributed by atoms with van der Waals surface area (Å²) in [5.41, 5.74) is 12.1. The summed E-state index contributed by atoms with van der Waals surface area (Å²) in [7, 11) is 0. The maximum Gasteiger partial charge on any atom is 0.137 e. The molecule has 11 aromatic carbocycles. The Hall–Kier alpha value is -7.94. The van der Waals surface area contributed by atoms with E-state index in [1.807, 2.05) is 6.07 Å². The normalized spacial score (nSPS) is 11.7. The molecule has 0 saturated carbocycles. The van der Waals surface area contributed by atoms with E-state index in [-0.39, 0.29) is 0 Å². The lowest BCUT2D eigenvalue weighted by Crippen LogP contribution is -2.11. The summed E-state index contributed by atoms with van der Waals surface area (Å²) in [6.07, 6.45) is 0. The van der Waals surface area contributed by atoms with Gasteiger partial charge in [0.05, 0.1) is 16.8 Å². The molecule has 12 aromatic rings. The van der Waals surface area contributed by atoms with Gasteiger partial charge in [-0.3, -0.25) is 0 Å². The van der Waals surface area contributed by atoms with Crippen molar-refractivity contribution in [3.05, 3.63) is 224 Å². The zero-order valence-corrected chi connectivity index (χ0v) is 32.7. The Morgan fingerprint density at radius 3 is 1.45 bits per heavy atom. The second-order valence-corrected chi connectivity index (χ2v) is 15.7. The molecule has 0 N–H and O–H groups in total. The highest BCUT2D eigenvalue weighted by Gasteiger charge is 2.22. The lowest BCUT2D eigenvalue weighted by Gasteiger charge is -2.28. The lowest BCUT2D eigenvalue weighted by atomic mass is 9.95. The molecule has 0 aliphatic carbocycles. The largest absolute Gasteiger partial charge is 0.456 e. The smallest absolute Gasteiger partial charge is 0.137 e. The van der Waals surface area contributed by atoms with Crippen LogP contribution < -0.4 is 4.90 Å². The van der Waals surface area contributed by atoms with Crippen molar-refractivity contribution >= 4 is 82.1 Å². The van der Waals surface area contributed by atoms with E-state index in [0.29, 0.717) is 0 Å². The molecule has 2 nitrogen and oxygen atoms in total. The van der Waals surface area contributed by atoms with Crippen molar-refractivity contribution in [3.63, 3.8) is 0 Å². The topological polar surface area (TPSA) is 16.4 Å². The van der Waals surface area contributed by atoms with Crippen LogP contribution in [0.2, 0.25) is 0 Å². The van der Waals surface area contributed by atoms with Crippen LogP contribution in [0.4, 0.5) is 17.1 Å². The van der Waals surface area contributed by atoms with Crippen LogP contribution in [0.3, 0.4) is 0 Å². The molecule has 0 amide bonds. The van der Waals surface area contributed by atoms with Gasteiger partial charge >= 0.3 is 0 Å². The van der Waals surface area contributed by atoms with Crippen LogP contribution in [0.5, 0.6) is 0 Å². The SMILES string of the molecule is c1ccc(N(c2ccc(-c3ccc(-c4ccc5c(ccc6ccccc65)c4)cc3)cc2)c2cccc3oc4ccccc4c23)c(-c2ccc3c(ccc4ccccc43)c2)c1. The van der Waals surface area contributed by atoms with Crippen molar-refractivity contribution < 1.29 is 4.42 Å². The van der Waals surface area contributed by atoms with E-state index in [4.69, 9.17) is 4.42 Å². The first-order valence-electron chi connectivity index (χ1n) is 20.6. The van der Waals surface area contributed by atoms with Gasteiger partial charge < -0.3 is 9.32 Å². The number of rotatable bonds is 6. The van der Waals surface area contributed by atoms with E-state index in [0.717, 1.165) is 50.1 Å². The standard InChI is InChI=1S/C58H37NO/c1-3-12-48-41(10-1)24-26-44-36-43(30-34-50(44)48)40-22-20-38(21-23-40)39-28-32-47(33-29-39)59(55-17-9-19-57-58(55)53-15-6-8-18-56(53)60-57)54-16-7-5-14-52(54)46-31-35-51-45(37-46)27-25-42-11-2-4-13-49(42)51/h1-37H. The van der Waals surface area contributed by atoms with E-state index >= 15 is 0 Å². The summed E-state index contributed by atoms with van der Waals surface area (Å²) >= 11 is 0. The van der Waals surface area contributed by atoms with Gasteiger partial charge in [0.25, 0.3) is 0 Å². The van der Waals surface area contributed by atoms with Gasteiger partial charge in [0, 0.05) is 16.6 Å². The second-order valence-electron chi connectivity index (χ2n) is 15.7. The fraction of sp³-hybridized carbons (Fsp3) is 0. The number of anilines is 3. The van der Waals surface area contributed by atoms with Crippen LogP contribution in [-0.4, -0.2) is 0 Å². The van der Waals surface area contributed by atoms with Crippen molar-refractivity contribution in [2.75, 3.05) is 4.90 Å². The maximum atomic E-state index is 6.44. The number of nitrogens with zero attached hydrogens (tertiary/aromatic N) is 1. The Kier molecular flexibility index (Phi) is 7.89. The van der Waals surface area contributed by atoms with Crippen molar-refractivity contribution in [3.8, 4) is 33.4 Å². The number of hydrogen-bond donors (Lipinski definition) is 0. The van der Waals surface area contributed by atoms with Gasteiger partial charge in [-0.15, -0.1) is 0 Å². The molecule has 1 aromatic heterocycles. The molecular weight excluding hydrogens is 727 g/mol. The molecule has 0 saturated heterocycles. The molecule has 0 bridgehead atoms. The Bertz CT molecular complexity index is 3600. The number of benzene rings is 11. The van der Waals surface area contributed by atoms with E-state index in [9.17, 15) is 0 Å². The molecule has 1 heterocycles. The van der Waals surface area contributed by atoms with E-state index < -0.39 is 0 Å². The second kappa shape index (κ2) is 13.9. The van der Waals surface area contributed by atoms with Gasteiger partial charge in [0.15, 0.2) is 0 Å². The van der Waals surface area contributed by atoms with E-state index in [1.54, 1.807) is 0 Å². The fourth-order valence-electron chi connectivity index (χ4n) is 9.29. The van der Waals surface area contributed by atoms with Crippen molar-refractivity contribution in [2.45, 2.75) is 0 Å². The van der Waals surface area contributed by atoms with Gasteiger partial charge in [-0.2, -0.15) is 0 Å². The van der Waals surface area contributed by atoms with Crippen LogP contribution in [-0.2, 0) is 0 Å². The average molecular weight is 764 g/mol. The van der Waals surface area contributed by atoms with Gasteiger partial charge in [-0.25, -0.2) is 0 Å². The molecule has 0 aliphatic heterocycles. The molecule has 0 atom stereocenters. The predicted octanol–water partition coefficient (Wildman–Crippen LogP) is 16.7. The third-order valence-corrected chi connectivity index (χ3v) is 12.2. The molecule has 0 spiro atoms. The molecular formula is C58H37NO. The third kappa shape index (κ3) is 5.65. The van der Waals surface area contributed by atoms with Crippen molar-refractivity contribution in [1.82, 2.24) is 0 Å². The summed E-state index contributed by atoms with van der Waals surface area (Å²) in [6, 6.07) is 81.3. The Labute approximate surface area is 347 Å². The number of para-hydroxylation sites is 2. The van der Waals surface area contributed by atoms with Gasteiger partial charge in [0.2, 0.25) is 0 Å². The minimum Gasteiger partial charge on any atom is -0.456 e. The van der Waals surface area contributed by atoms with E-state index in [1.165, 1.54) is 65.3 Å². The Morgan fingerprint density at radius 2 is 0.750 bits per heavy atom. The zero-order chi connectivity index (χ0) is 39.6. The van der Waals surface area contributed by atoms with Crippen LogP contribution in [0.25, 0.3) is 98.4 Å². The molecule has 60 heavy (non-hydrogen) atoms. The summed E-state index contributed by atoms with van der Waals surface area (Å²) in [5, 5.41) is 12.3. The number of fused-ring (bicyclic) bond motifs is 9. The minimum absolute atomic E-state index is 0.866. The van der Waals surface area contributed by atoms with Crippen molar-refractivity contribution in [1.29, 1.82) is 0 Å². The van der Waals surface area contributed by atoms with Crippen LogP contribution in [0.15, 0.2) is 229 Å². The lowest BCUT2D eigenvalue weighted by molar-refractivity contribution is 0.669. The highest BCUT2D eigenvalue weighted by atomic mass is 16.3. The third-order valence-electron chi connectivity index (χ3n) is 12.2. The molecule has 0 unspecified atom stereocenters. The van der Waals surface area contributed by atoms with Crippen molar-refractivity contribution in [2.24, 2.45) is 0 Å². The van der Waals surface area contributed by atoms with Gasteiger partial charge in [0.1, 0.15) is 11.2 Å². The number of hydrogen-bond acceptors (Lipinski definition) is 2. The summed E-state index contributed by atoms with van der Waals surface area (Å²) in [5.74, 6) is 0.